The standard InChI is InChI=1S/C28H27N3O3/c1-33-22-14-15-26(34-2)25(18-22)31-19-21(17-27(31)32)28-29-23-12-6-7-13-24(23)30(28)16-8-11-20-9-4-3-5-10-20/h3-15,18,21H,16-17,19H2,1-2H3/b11-8+. The van der Waals surface area contributed by atoms with Crippen LogP contribution in [0.5, 0.6) is 11.5 Å². The summed E-state index contributed by atoms with van der Waals surface area (Å²) in [7, 11) is 3.23. The zero-order chi connectivity index (χ0) is 23.5. The van der Waals surface area contributed by atoms with E-state index in [2.05, 4.69) is 34.9 Å². The van der Waals surface area contributed by atoms with E-state index in [1.54, 1.807) is 19.1 Å². The molecule has 5 rings (SSSR count). The summed E-state index contributed by atoms with van der Waals surface area (Å²) in [5.41, 5.74) is 3.89. The lowest BCUT2D eigenvalue weighted by atomic mass is 10.1. The highest BCUT2D eigenvalue weighted by atomic mass is 16.5. The molecule has 0 saturated carbocycles. The fourth-order valence-corrected chi connectivity index (χ4v) is 4.58. The van der Waals surface area contributed by atoms with Crippen molar-refractivity contribution < 1.29 is 14.3 Å². The third-order valence-corrected chi connectivity index (χ3v) is 6.25. The Bertz CT molecular complexity index is 1340. The number of carbonyl (C=O) groups is 1. The number of hydrogen-bond acceptors (Lipinski definition) is 4. The molecule has 1 amide bonds. The lowest BCUT2D eigenvalue weighted by Gasteiger charge is -2.20. The van der Waals surface area contributed by atoms with Crippen LogP contribution in [0.4, 0.5) is 5.69 Å². The maximum atomic E-state index is 13.1. The number of amides is 1. The van der Waals surface area contributed by atoms with Gasteiger partial charge in [-0.3, -0.25) is 4.79 Å². The van der Waals surface area contributed by atoms with E-state index < -0.39 is 0 Å². The maximum Gasteiger partial charge on any atom is 0.227 e. The van der Waals surface area contributed by atoms with Crippen LogP contribution in [0.15, 0.2) is 78.9 Å². The van der Waals surface area contributed by atoms with E-state index in [-0.39, 0.29) is 11.8 Å². The van der Waals surface area contributed by atoms with E-state index in [4.69, 9.17) is 14.5 Å². The molecular formula is C28H27N3O3. The second-order valence-corrected chi connectivity index (χ2v) is 8.33. The van der Waals surface area contributed by atoms with Crippen molar-refractivity contribution in [3.8, 4) is 11.5 Å². The Morgan fingerprint density at radius 2 is 1.79 bits per heavy atom. The summed E-state index contributed by atoms with van der Waals surface area (Å²) >= 11 is 0. The van der Waals surface area contributed by atoms with Gasteiger partial charge >= 0.3 is 0 Å². The number of anilines is 1. The van der Waals surface area contributed by atoms with Crippen LogP contribution in [0.25, 0.3) is 17.1 Å². The molecule has 0 spiro atoms. The van der Waals surface area contributed by atoms with Crippen molar-refractivity contribution in [2.24, 2.45) is 0 Å². The summed E-state index contributed by atoms with van der Waals surface area (Å²) in [5, 5.41) is 0. The average molecular weight is 454 g/mol. The van der Waals surface area contributed by atoms with Crippen LogP contribution in [0.2, 0.25) is 0 Å². The van der Waals surface area contributed by atoms with Crippen molar-refractivity contribution in [1.29, 1.82) is 0 Å². The number of hydrogen-bond donors (Lipinski definition) is 0. The minimum absolute atomic E-state index is 0.0269. The van der Waals surface area contributed by atoms with Crippen molar-refractivity contribution >= 4 is 28.7 Å². The highest BCUT2D eigenvalue weighted by Crippen LogP contribution is 2.39. The van der Waals surface area contributed by atoms with Gasteiger partial charge in [0, 0.05) is 31.5 Å². The highest BCUT2D eigenvalue weighted by Gasteiger charge is 2.36. The molecule has 1 aliphatic heterocycles. The first kappa shape index (κ1) is 21.8. The van der Waals surface area contributed by atoms with Gasteiger partial charge in [0.25, 0.3) is 0 Å². The number of ether oxygens (including phenoxy) is 2. The molecule has 1 atom stereocenters. The third kappa shape index (κ3) is 4.15. The molecular weight excluding hydrogens is 426 g/mol. The monoisotopic (exact) mass is 453 g/mol. The van der Waals surface area contributed by atoms with Crippen molar-refractivity contribution in [3.63, 3.8) is 0 Å². The lowest BCUT2D eigenvalue weighted by Crippen LogP contribution is -2.25. The van der Waals surface area contributed by atoms with Gasteiger partial charge in [0.15, 0.2) is 0 Å². The highest BCUT2D eigenvalue weighted by molar-refractivity contribution is 5.98. The molecule has 1 unspecified atom stereocenters. The smallest absolute Gasteiger partial charge is 0.227 e. The number of rotatable bonds is 7. The number of benzene rings is 3. The number of aromatic nitrogens is 2. The zero-order valence-corrected chi connectivity index (χ0v) is 19.3. The van der Waals surface area contributed by atoms with Gasteiger partial charge in [-0.1, -0.05) is 54.6 Å². The molecule has 4 aromatic rings. The Morgan fingerprint density at radius 1 is 1.00 bits per heavy atom. The molecule has 1 fully saturated rings. The van der Waals surface area contributed by atoms with Gasteiger partial charge < -0.3 is 18.9 Å². The zero-order valence-electron chi connectivity index (χ0n) is 19.3. The van der Waals surface area contributed by atoms with Crippen LogP contribution in [-0.4, -0.2) is 36.2 Å². The minimum Gasteiger partial charge on any atom is -0.497 e. The summed E-state index contributed by atoms with van der Waals surface area (Å²) in [6.45, 7) is 1.21. The van der Waals surface area contributed by atoms with Crippen molar-refractivity contribution in [2.75, 3.05) is 25.7 Å². The lowest BCUT2D eigenvalue weighted by molar-refractivity contribution is -0.117. The van der Waals surface area contributed by atoms with Crippen LogP contribution in [0, 0.1) is 0 Å². The second-order valence-electron chi connectivity index (χ2n) is 8.33. The first-order chi connectivity index (χ1) is 16.7. The van der Waals surface area contributed by atoms with E-state index in [0.29, 0.717) is 31.0 Å². The van der Waals surface area contributed by atoms with E-state index in [9.17, 15) is 4.79 Å². The van der Waals surface area contributed by atoms with Crippen LogP contribution < -0.4 is 14.4 Å². The van der Waals surface area contributed by atoms with Gasteiger partial charge in [0.2, 0.25) is 5.91 Å². The van der Waals surface area contributed by atoms with Crippen LogP contribution in [0.1, 0.15) is 23.7 Å². The molecule has 6 nitrogen and oxygen atoms in total. The molecule has 0 bridgehead atoms. The van der Waals surface area contributed by atoms with Gasteiger partial charge in [0.05, 0.1) is 30.9 Å². The average Bonchev–Trinajstić information content (AvgIpc) is 3.44. The van der Waals surface area contributed by atoms with Gasteiger partial charge in [-0.2, -0.15) is 0 Å². The fraction of sp³-hybridized carbons (Fsp3) is 0.214. The summed E-state index contributed by atoms with van der Waals surface area (Å²) in [6, 6.07) is 23.9. The predicted octanol–water partition coefficient (Wildman–Crippen LogP) is 5.29. The number of allylic oxidation sites excluding steroid dienone is 1. The third-order valence-electron chi connectivity index (χ3n) is 6.25. The van der Waals surface area contributed by atoms with E-state index in [0.717, 1.165) is 28.1 Å². The van der Waals surface area contributed by atoms with Crippen LogP contribution in [-0.2, 0) is 11.3 Å². The van der Waals surface area contributed by atoms with Crippen molar-refractivity contribution in [3.05, 3.63) is 90.3 Å². The molecule has 0 aliphatic carbocycles. The topological polar surface area (TPSA) is 56.6 Å². The fourth-order valence-electron chi connectivity index (χ4n) is 4.58. The Labute approximate surface area is 199 Å². The number of imidazole rings is 1. The van der Waals surface area contributed by atoms with Gasteiger partial charge in [0.1, 0.15) is 17.3 Å². The van der Waals surface area contributed by atoms with E-state index in [1.807, 2.05) is 54.6 Å². The summed E-state index contributed by atoms with van der Waals surface area (Å²) in [4.78, 5) is 19.9. The molecule has 1 aromatic heterocycles. The number of para-hydroxylation sites is 2. The predicted molar refractivity (Wildman–Crippen MR) is 134 cm³/mol. The second kappa shape index (κ2) is 9.43. The number of nitrogens with zero attached hydrogens (tertiary/aromatic N) is 3. The summed E-state index contributed by atoms with van der Waals surface area (Å²) in [5.74, 6) is 2.28. The van der Waals surface area contributed by atoms with Crippen molar-refractivity contribution in [2.45, 2.75) is 18.9 Å². The summed E-state index contributed by atoms with van der Waals surface area (Å²) in [6.07, 6.45) is 4.66. The Balaban J connectivity index is 1.47. The maximum absolute atomic E-state index is 13.1. The number of fused-ring (bicyclic) bond motifs is 1. The van der Waals surface area contributed by atoms with Gasteiger partial charge in [-0.05, 0) is 29.8 Å². The molecule has 3 aromatic carbocycles. The summed E-state index contributed by atoms with van der Waals surface area (Å²) < 4.78 is 13.1. The quantitative estimate of drug-likeness (QED) is 0.382. The normalized spacial score (nSPS) is 16.0. The number of carbonyl (C=O) groups excluding carboxylic acids is 1. The first-order valence-electron chi connectivity index (χ1n) is 11.4. The molecule has 0 N–H and O–H groups in total. The van der Waals surface area contributed by atoms with Crippen LogP contribution in [0.3, 0.4) is 0 Å². The Morgan fingerprint density at radius 3 is 2.59 bits per heavy atom. The molecule has 6 heteroatoms. The first-order valence-corrected chi connectivity index (χ1v) is 11.4. The molecule has 0 radical (unpaired) electrons. The molecule has 172 valence electrons. The Hall–Kier alpha value is -4.06. The minimum atomic E-state index is -0.0269. The Kier molecular flexibility index (Phi) is 6.04. The van der Waals surface area contributed by atoms with E-state index >= 15 is 0 Å². The molecule has 1 aliphatic rings. The number of methoxy groups -OCH3 is 2. The SMILES string of the molecule is COc1ccc(OC)c(N2CC(c3nc4ccccc4n3C/C=C/c3ccccc3)CC2=O)c1. The van der Waals surface area contributed by atoms with Crippen molar-refractivity contribution in [1.82, 2.24) is 9.55 Å². The molecule has 34 heavy (non-hydrogen) atoms. The van der Waals surface area contributed by atoms with Gasteiger partial charge in [-0.15, -0.1) is 0 Å². The van der Waals surface area contributed by atoms with E-state index in [1.165, 1.54) is 0 Å². The largest absolute Gasteiger partial charge is 0.497 e. The molecule has 1 saturated heterocycles. The van der Waals surface area contributed by atoms with Crippen LogP contribution >= 0.6 is 0 Å². The molecule has 2 heterocycles. The van der Waals surface area contributed by atoms with Gasteiger partial charge in [-0.25, -0.2) is 4.98 Å².